The molecule has 0 bridgehead atoms. The molecule has 0 radical (unpaired) electrons. The van der Waals surface area contributed by atoms with Crippen molar-refractivity contribution in [1.29, 1.82) is 0 Å². The van der Waals surface area contributed by atoms with Crippen LogP contribution in [0, 0.1) is 0 Å². The van der Waals surface area contributed by atoms with Gasteiger partial charge >= 0.3 is 0 Å². The van der Waals surface area contributed by atoms with Gasteiger partial charge in [-0.2, -0.15) is 0 Å². The zero-order valence-corrected chi connectivity index (χ0v) is 19.9. The number of aromatic amines is 1. The highest BCUT2D eigenvalue weighted by molar-refractivity contribution is 6.37. The highest BCUT2D eigenvalue weighted by Gasteiger charge is 2.16. The molecule has 4 N–H and O–H groups in total. The minimum absolute atomic E-state index is 0.110. The Hall–Kier alpha value is -3.50. The number of nitrogens with one attached hydrogen (secondary N) is 4. The second-order valence-electron chi connectivity index (χ2n) is 6.09. The molecule has 2 amide bonds. The number of anilines is 1. The molecule has 0 unspecified atom stereocenters. The first-order chi connectivity index (χ1) is 15.7. The molecule has 0 aliphatic heterocycles. The van der Waals surface area contributed by atoms with Crippen molar-refractivity contribution in [3.63, 3.8) is 0 Å². The van der Waals surface area contributed by atoms with Crippen LogP contribution in [0.2, 0.25) is 10.0 Å². The third kappa shape index (κ3) is 8.17. The second kappa shape index (κ2) is 13.8. The van der Waals surface area contributed by atoms with E-state index in [1.165, 1.54) is 38.6 Å². The number of aromatic nitrogens is 1. The number of rotatable bonds is 8. The van der Waals surface area contributed by atoms with E-state index in [2.05, 4.69) is 25.7 Å². The molecule has 0 saturated heterocycles. The van der Waals surface area contributed by atoms with Crippen molar-refractivity contribution in [2.75, 3.05) is 26.5 Å². The van der Waals surface area contributed by atoms with Gasteiger partial charge < -0.3 is 30.4 Å². The Bertz CT molecular complexity index is 1060. The molecule has 12 heteroatoms. The maximum absolute atomic E-state index is 12.3. The van der Waals surface area contributed by atoms with Crippen molar-refractivity contribution in [2.45, 2.75) is 13.3 Å². The van der Waals surface area contributed by atoms with Crippen LogP contribution in [0.3, 0.4) is 0 Å². The Morgan fingerprint density at radius 1 is 1.12 bits per heavy atom. The zero-order chi connectivity index (χ0) is 25.0. The standard InChI is InChI=1S/C19H20Cl2N4O4.C2H4O2/c1-4-5-15(22-2)19(28)25-10-6-13(20)16(14(21)7-10)29-11-8-12(17(26)23-3)18(27)24-9-11;1-4-2-3/h5-9,22H,4H2,1-3H3,(H,23,26)(H,24,27)(H,25,28);2H,1H3/b15-5+;. The summed E-state index contributed by atoms with van der Waals surface area (Å²) in [5.74, 6) is -0.634. The SMILES string of the molecule is CC/C=C(/NC)C(=O)Nc1cc(Cl)c(Oc2c[nH]c(=O)c(C(=O)NC)c2)c(Cl)c1.COC=O. The molecule has 0 aliphatic carbocycles. The summed E-state index contributed by atoms with van der Waals surface area (Å²) in [4.78, 5) is 47.1. The molecule has 0 aliphatic rings. The van der Waals surface area contributed by atoms with Crippen molar-refractivity contribution in [3.8, 4) is 11.5 Å². The van der Waals surface area contributed by atoms with E-state index in [0.717, 1.165) is 0 Å². The Labute approximate surface area is 200 Å². The minimum atomic E-state index is -0.563. The van der Waals surface area contributed by atoms with Gasteiger partial charge in [0.05, 0.1) is 22.9 Å². The van der Waals surface area contributed by atoms with E-state index in [9.17, 15) is 14.4 Å². The van der Waals surface area contributed by atoms with E-state index in [0.29, 0.717) is 24.3 Å². The van der Waals surface area contributed by atoms with Crippen LogP contribution in [0.4, 0.5) is 5.69 Å². The molecule has 1 aromatic carbocycles. The molecule has 0 atom stereocenters. The van der Waals surface area contributed by atoms with E-state index in [1.54, 1.807) is 13.1 Å². The lowest BCUT2D eigenvalue weighted by molar-refractivity contribution is -0.126. The third-order valence-electron chi connectivity index (χ3n) is 3.84. The molecule has 10 nitrogen and oxygen atoms in total. The van der Waals surface area contributed by atoms with Crippen LogP contribution in [0.15, 0.2) is 41.0 Å². The smallest absolute Gasteiger partial charge is 0.292 e. The first kappa shape index (κ1) is 27.5. The maximum atomic E-state index is 12.3. The van der Waals surface area contributed by atoms with E-state index < -0.39 is 11.5 Å². The number of likely N-dealkylation sites (N-methyl/N-ethyl adjacent to an activating group) is 1. The number of pyridine rings is 1. The molecule has 1 heterocycles. The number of benzene rings is 1. The van der Waals surface area contributed by atoms with Crippen LogP contribution in [-0.4, -0.2) is 44.5 Å². The van der Waals surface area contributed by atoms with Gasteiger partial charge in [0.1, 0.15) is 11.3 Å². The van der Waals surface area contributed by atoms with Gasteiger partial charge in [-0.1, -0.05) is 36.2 Å². The first-order valence-electron chi connectivity index (χ1n) is 9.49. The summed E-state index contributed by atoms with van der Waals surface area (Å²) in [7, 11) is 4.37. The summed E-state index contributed by atoms with van der Waals surface area (Å²) in [6.45, 7) is 2.29. The second-order valence-corrected chi connectivity index (χ2v) is 6.90. The predicted molar refractivity (Wildman–Crippen MR) is 126 cm³/mol. The lowest BCUT2D eigenvalue weighted by Crippen LogP contribution is -2.26. The largest absolute Gasteiger partial charge is 0.471 e. The van der Waals surface area contributed by atoms with Crippen LogP contribution >= 0.6 is 23.2 Å². The van der Waals surface area contributed by atoms with Crippen molar-refractivity contribution in [3.05, 3.63) is 62.1 Å². The fraction of sp³-hybridized carbons (Fsp3) is 0.238. The number of methoxy groups -OCH3 is 1. The topological polar surface area (TPSA) is 139 Å². The van der Waals surface area contributed by atoms with Crippen LogP contribution in [-0.2, 0) is 14.3 Å². The summed E-state index contributed by atoms with van der Waals surface area (Å²) in [6, 6.07) is 4.23. The first-order valence-corrected chi connectivity index (χ1v) is 10.2. The molecule has 0 saturated carbocycles. The number of carbonyl (C=O) groups is 3. The monoisotopic (exact) mass is 498 g/mol. The fourth-order valence-corrected chi connectivity index (χ4v) is 2.95. The molecular formula is C21H24Cl2N4O6. The number of allylic oxidation sites excluding steroid dienone is 1. The molecule has 2 aromatic rings. The van der Waals surface area contributed by atoms with Crippen molar-refractivity contribution in [2.24, 2.45) is 0 Å². The number of hydrogen-bond acceptors (Lipinski definition) is 7. The van der Waals surface area contributed by atoms with Crippen LogP contribution in [0.5, 0.6) is 11.5 Å². The lowest BCUT2D eigenvalue weighted by atomic mass is 10.2. The molecular weight excluding hydrogens is 475 g/mol. The third-order valence-corrected chi connectivity index (χ3v) is 4.40. The number of H-pyrrole nitrogens is 1. The highest BCUT2D eigenvalue weighted by Crippen LogP contribution is 2.38. The number of halogens is 2. The highest BCUT2D eigenvalue weighted by atomic mass is 35.5. The van der Waals surface area contributed by atoms with Crippen molar-refractivity contribution >= 4 is 47.2 Å². The molecule has 0 spiro atoms. The molecule has 178 valence electrons. The zero-order valence-electron chi connectivity index (χ0n) is 18.4. The average Bonchev–Trinajstić information content (AvgIpc) is 2.80. The van der Waals surface area contributed by atoms with Crippen molar-refractivity contribution in [1.82, 2.24) is 15.6 Å². The summed E-state index contributed by atoms with van der Waals surface area (Å²) in [6.07, 6.45) is 3.72. The lowest BCUT2D eigenvalue weighted by Gasteiger charge is -2.13. The Kier molecular flexibility index (Phi) is 11.5. The maximum Gasteiger partial charge on any atom is 0.292 e. The number of ether oxygens (including phenoxy) is 2. The summed E-state index contributed by atoms with van der Waals surface area (Å²) in [5.41, 5.74) is 0.105. The normalized spacial score (nSPS) is 10.3. The Balaban J connectivity index is 0.00000125. The van der Waals surface area contributed by atoms with Gasteiger partial charge in [0, 0.05) is 32.0 Å². The summed E-state index contributed by atoms with van der Waals surface area (Å²) < 4.78 is 9.51. The Morgan fingerprint density at radius 2 is 1.73 bits per heavy atom. The van der Waals surface area contributed by atoms with Gasteiger partial charge in [0.2, 0.25) is 0 Å². The number of hydrogen-bond donors (Lipinski definition) is 4. The predicted octanol–water partition coefficient (Wildman–Crippen LogP) is 3.07. The molecule has 0 fully saturated rings. The Morgan fingerprint density at radius 3 is 2.21 bits per heavy atom. The van der Waals surface area contributed by atoms with Crippen LogP contribution in [0.1, 0.15) is 23.7 Å². The van der Waals surface area contributed by atoms with E-state index in [4.69, 9.17) is 32.7 Å². The summed E-state index contributed by atoms with van der Waals surface area (Å²) >= 11 is 12.5. The molecule has 33 heavy (non-hydrogen) atoms. The van der Waals surface area contributed by atoms with Gasteiger partial charge in [-0.25, -0.2) is 0 Å². The van der Waals surface area contributed by atoms with Gasteiger partial charge in [-0.3, -0.25) is 19.2 Å². The van der Waals surface area contributed by atoms with Gasteiger partial charge in [0.25, 0.3) is 23.8 Å². The fourth-order valence-electron chi connectivity index (χ4n) is 2.38. The van der Waals surface area contributed by atoms with E-state index >= 15 is 0 Å². The van der Waals surface area contributed by atoms with Crippen LogP contribution in [0.25, 0.3) is 0 Å². The molecule has 2 rings (SSSR count). The van der Waals surface area contributed by atoms with E-state index in [-0.39, 0.29) is 33.0 Å². The van der Waals surface area contributed by atoms with Crippen LogP contribution < -0.4 is 26.2 Å². The molecule has 1 aromatic heterocycles. The summed E-state index contributed by atoms with van der Waals surface area (Å²) in [5, 5.41) is 8.14. The quantitative estimate of drug-likeness (QED) is 0.324. The van der Waals surface area contributed by atoms with Gasteiger partial charge in [-0.05, 0) is 18.6 Å². The van der Waals surface area contributed by atoms with Gasteiger partial charge in [-0.15, -0.1) is 0 Å². The average molecular weight is 499 g/mol. The number of amides is 2. The van der Waals surface area contributed by atoms with Crippen molar-refractivity contribution < 1.29 is 23.9 Å². The minimum Gasteiger partial charge on any atom is -0.471 e. The van der Waals surface area contributed by atoms with Gasteiger partial charge in [0.15, 0.2) is 5.75 Å². The number of carbonyl (C=O) groups excluding carboxylic acids is 3. The van der Waals surface area contributed by atoms with E-state index in [1.807, 2.05) is 6.92 Å².